The van der Waals surface area contributed by atoms with Crippen molar-refractivity contribution in [2.24, 2.45) is 0 Å². The summed E-state index contributed by atoms with van der Waals surface area (Å²) in [5.41, 5.74) is 1.04. The van der Waals surface area contributed by atoms with Gasteiger partial charge in [0.1, 0.15) is 0 Å². The van der Waals surface area contributed by atoms with Gasteiger partial charge in [0, 0.05) is 38.3 Å². The molecule has 2 amide bonds. The lowest BCUT2D eigenvalue weighted by molar-refractivity contribution is -0.115. The zero-order chi connectivity index (χ0) is 25.2. The highest BCUT2D eigenvalue weighted by molar-refractivity contribution is 7.89. The van der Waals surface area contributed by atoms with E-state index >= 15 is 0 Å². The van der Waals surface area contributed by atoms with Crippen molar-refractivity contribution in [1.82, 2.24) is 9.44 Å². The lowest BCUT2D eigenvalue weighted by Crippen LogP contribution is -2.25. The molecule has 0 heterocycles. The number of nitrogens with one attached hydrogen (secondary N) is 4. The van der Waals surface area contributed by atoms with Crippen molar-refractivity contribution in [3.05, 3.63) is 48.5 Å². The maximum atomic E-state index is 12.3. The Bertz CT molecular complexity index is 1080. The Morgan fingerprint density at radius 3 is 1.21 bits per heavy atom. The quantitative estimate of drug-likeness (QED) is 0.304. The van der Waals surface area contributed by atoms with Gasteiger partial charge in [-0.1, -0.05) is 12.8 Å². The molecule has 0 radical (unpaired) electrons. The lowest BCUT2D eigenvalue weighted by Gasteiger charge is -2.09. The van der Waals surface area contributed by atoms with E-state index in [1.807, 2.05) is 0 Å². The zero-order valence-electron chi connectivity index (χ0n) is 19.1. The van der Waals surface area contributed by atoms with Gasteiger partial charge >= 0.3 is 0 Å². The molecule has 0 aliphatic rings. The Morgan fingerprint density at radius 1 is 0.588 bits per heavy atom. The van der Waals surface area contributed by atoms with Crippen molar-refractivity contribution in [2.75, 3.05) is 23.7 Å². The fourth-order valence-corrected chi connectivity index (χ4v) is 5.17. The predicted molar refractivity (Wildman–Crippen MR) is 130 cm³/mol. The summed E-state index contributed by atoms with van der Waals surface area (Å²) in [7, 11) is -7.28. The van der Waals surface area contributed by atoms with Crippen LogP contribution in [0.3, 0.4) is 0 Å². The van der Waals surface area contributed by atoms with Gasteiger partial charge in [-0.2, -0.15) is 0 Å². The van der Waals surface area contributed by atoms with Crippen LogP contribution in [0.2, 0.25) is 0 Å². The normalized spacial score (nSPS) is 11.7. The van der Waals surface area contributed by atoms with Crippen LogP contribution in [-0.4, -0.2) is 41.7 Å². The standard InChI is InChI=1S/C22H30N4O6S2/c1-17(27)25-19-7-11-21(12-8-19)33(29,30)23-15-5-3-4-6-16-24-34(31,32)22-13-9-20(10-14-22)26-18(2)28/h7-14,23-24H,3-6,15-16H2,1-2H3,(H,25,27)(H,26,28). The largest absolute Gasteiger partial charge is 0.326 e. The highest BCUT2D eigenvalue weighted by atomic mass is 32.2. The van der Waals surface area contributed by atoms with E-state index in [1.165, 1.54) is 62.4 Å². The molecule has 0 saturated heterocycles. The van der Waals surface area contributed by atoms with Gasteiger partial charge in [-0.25, -0.2) is 26.3 Å². The molecule has 12 heteroatoms. The summed E-state index contributed by atoms with van der Waals surface area (Å²) < 4.78 is 54.4. The molecule has 34 heavy (non-hydrogen) atoms. The fraction of sp³-hybridized carbons (Fsp3) is 0.364. The van der Waals surface area contributed by atoms with Crippen molar-refractivity contribution in [3.63, 3.8) is 0 Å². The highest BCUT2D eigenvalue weighted by Crippen LogP contribution is 2.15. The number of hydrogen-bond acceptors (Lipinski definition) is 6. The first-order chi connectivity index (χ1) is 16.0. The topological polar surface area (TPSA) is 151 Å². The molecule has 0 saturated carbocycles. The molecule has 0 fully saturated rings. The second-order valence-electron chi connectivity index (χ2n) is 7.62. The Morgan fingerprint density at radius 2 is 0.912 bits per heavy atom. The SMILES string of the molecule is CC(=O)Nc1ccc(S(=O)(=O)NCCCCCCNS(=O)(=O)c2ccc(NC(C)=O)cc2)cc1. The third-order valence-electron chi connectivity index (χ3n) is 4.66. The van der Waals surface area contributed by atoms with Crippen molar-refractivity contribution in [1.29, 1.82) is 0 Å². The van der Waals surface area contributed by atoms with Crippen molar-refractivity contribution in [3.8, 4) is 0 Å². The predicted octanol–water partition coefficient (Wildman–Crippen LogP) is 2.42. The molecule has 0 atom stereocenters. The summed E-state index contributed by atoms with van der Waals surface area (Å²) in [4.78, 5) is 22.3. The van der Waals surface area contributed by atoms with Gasteiger partial charge in [0.15, 0.2) is 0 Å². The summed E-state index contributed by atoms with van der Waals surface area (Å²) in [6, 6.07) is 11.8. The molecule has 2 rings (SSSR count). The summed E-state index contributed by atoms with van der Waals surface area (Å²) in [6.07, 6.45) is 2.69. The third kappa shape index (κ3) is 9.21. The van der Waals surface area contributed by atoms with E-state index < -0.39 is 20.0 Å². The van der Waals surface area contributed by atoms with E-state index in [1.54, 1.807) is 0 Å². The Hall–Kier alpha value is -2.80. The minimum absolute atomic E-state index is 0.112. The molecular formula is C22H30N4O6S2. The molecule has 186 valence electrons. The second-order valence-corrected chi connectivity index (χ2v) is 11.2. The number of unbranched alkanes of at least 4 members (excludes halogenated alkanes) is 3. The molecule has 4 N–H and O–H groups in total. The number of benzene rings is 2. The Labute approximate surface area is 200 Å². The number of carbonyl (C=O) groups excluding carboxylic acids is 2. The molecule has 10 nitrogen and oxygen atoms in total. The van der Waals surface area contributed by atoms with Gasteiger partial charge in [-0.05, 0) is 61.4 Å². The van der Waals surface area contributed by atoms with Gasteiger partial charge in [0.05, 0.1) is 9.79 Å². The minimum Gasteiger partial charge on any atom is -0.326 e. The number of anilines is 2. The first kappa shape index (κ1) is 27.4. The summed E-state index contributed by atoms with van der Waals surface area (Å²) in [5, 5.41) is 5.15. The number of hydrogen-bond donors (Lipinski definition) is 4. The summed E-state index contributed by atoms with van der Waals surface area (Å²) >= 11 is 0. The van der Waals surface area contributed by atoms with Crippen LogP contribution in [-0.2, 0) is 29.6 Å². The van der Waals surface area contributed by atoms with Crippen LogP contribution in [0, 0.1) is 0 Å². The summed E-state index contributed by atoms with van der Waals surface area (Å²) in [6.45, 7) is 3.27. The van der Waals surface area contributed by atoms with Gasteiger partial charge in [-0.3, -0.25) is 9.59 Å². The number of sulfonamides is 2. The van der Waals surface area contributed by atoms with E-state index in [9.17, 15) is 26.4 Å². The average Bonchev–Trinajstić information content (AvgIpc) is 2.75. The van der Waals surface area contributed by atoms with Crippen LogP contribution in [0.15, 0.2) is 58.3 Å². The zero-order valence-corrected chi connectivity index (χ0v) is 20.8. The van der Waals surface area contributed by atoms with E-state index in [4.69, 9.17) is 0 Å². The molecular weight excluding hydrogens is 480 g/mol. The Balaban J connectivity index is 1.66. The minimum atomic E-state index is -3.64. The third-order valence-corrected chi connectivity index (χ3v) is 7.61. The van der Waals surface area contributed by atoms with Gasteiger partial charge < -0.3 is 10.6 Å². The van der Waals surface area contributed by atoms with Crippen molar-refractivity contribution in [2.45, 2.75) is 49.3 Å². The number of carbonyl (C=O) groups is 2. The number of rotatable bonds is 13. The second kappa shape index (κ2) is 12.6. The molecule has 0 aliphatic carbocycles. The molecule has 2 aromatic rings. The average molecular weight is 511 g/mol. The van der Waals surface area contributed by atoms with E-state index in [2.05, 4.69) is 20.1 Å². The molecule has 0 spiro atoms. The number of amides is 2. The van der Waals surface area contributed by atoms with Crippen molar-refractivity contribution < 1.29 is 26.4 Å². The first-order valence-electron chi connectivity index (χ1n) is 10.7. The van der Waals surface area contributed by atoms with Gasteiger partial charge in [0.25, 0.3) is 0 Å². The van der Waals surface area contributed by atoms with Crippen LogP contribution in [0.4, 0.5) is 11.4 Å². The Kier molecular flexibility index (Phi) is 10.2. The van der Waals surface area contributed by atoms with Crippen LogP contribution in [0.1, 0.15) is 39.5 Å². The molecule has 0 aliphatic heterocycles. The van der Waals surface area contributed by atoms with Crippen LogP contribution in [0.25, 0.3) is 0 Å². The highest BCUT2D eigenvalue weighted by Gasteiger charge is 2.14. The maximum absolute atomic E-state index is 12.3. The smallest absolute Gasteiger partial charge is 0.240 e. The lowest BCUT2D eigenvalue weighted by atomic mass is 10.2. The van der Waals surface area contributed by atoms with E-state index in [0.29, 0.717) is 24.2 Å². The monoisotopic (exact) mass is 510 g/mol. The van der Waals surface area contributed by atoms with Crippen LogP contribution >= 0.6 is 0 Å². The summed E-state index contributed by atoms with van der Waals surface area (Å²) in [5.74, 6) is -0.474. The van der Waals surface area contributed by atoms with Gasteiger partial charge in [0.2, 0.25) is 31.9 Å². The first-order valence-corrected chi connectivity index (χ1v) is 13.7. The van der Waals surface area contributed by atoms with E-state index in [-0.39, 0.29) is 34.7 Å². The molecule has 2 aromatic carbocycles. The van der Waals surface area contributed by atoms with E-state index in [0.717, 1.165) is 12.8 Å². The molecule has 0 aromatic heterocycles. The van der Waals surface area contributed by atoms with Crippen LogP contribution in [0.5, 0.6) is 0 Å². The molecule has 0 bridgehead atoms. The van der Waals surface area contributed by atoms with Crippen LogP contribution < -0.4 is 20.1 Å². The maximum Gasteiger partial charge on any atom is 0.240 e. The molecule has 0 unspecified atom stereocenters. The van der Waals surface area contributed by atoms with Gasteiger partial charge in [-0.15, -0.1) is 0 Å². The van der Waals surface area contributed by atoms with Crippen molar-refractivity contribution >= 4 is 43.2 Å². The fourth-order valence-electron chi connectivity index (χ4n) is 3.02.